The van der Waals surface area contributed by atoms with Crippen molar-refractivity contribution in [3.8, 4) is 0 Å². The van der Waals surface area contributed by atoms with Crippen molar-refractivity contribution in [3.05, 3.63) is 0 Å². The average molecular weight is 216 g/mol. The summed E-state index contributed by atoms with van der Waals surface area (Å²) in [6, 6.07) is 0. The highest BCUT2D eigenvalue weighted by Crippen LogP contribution is 2.27. The van der Waals surface area contributed by atoms with Gasteiger partial charge in [0, 0.05) is 39.6 Å². The Labute approximate surface area is 88.4 Å². The molecule has 0 aromatic carbocycles. The third kappa shape index (κ3) is 3.00. The molecule has 1 aliphatic heterocycles. The van der Waals surface area contributed by atoms with Gasteiger partial charge in [0.05, 0.1) is 6.42 Å². The summed E-state index contributed by atoms with van der Waals surface area (Å²) in [5.74, 6) is -1.09. The van der Waals surface area contributed by atoms with Crippen molar-refractivity contribution < 1.29 is 24.2 Å². The number of carboxylic acid groups (broad SMARTS) is 1. The van der Waals surface area contributed by atoms with Crippen LogP contribution in [-0.4, -0.2) is 42.8 Å². The summed E-state index contributed by atoms with van der Waals surface area (Å²) < 4.78 is 10.4. The number of ketones is 1. The van der Waals surface area contributed by atoms with Gasteiger partial charge in [-0.15, -0.1) is 0 Å². The van der Waals surface area contributed by atoms with Crippen molar-refractivity contribution in [3.63, 3.8) is 0 Å². The van der Waals surface area contributed by atoms with E-state index in [0.717, 1.165) is 0 Å². The summed E-state index contributed by atoms with van der Waals surface area (Å²) in [7, 11) is 1.49. The van der Waals surface area contributed by atoms with Crippen LogP contribution in [0.3, 0.4) is 0 Å². The lowest BCUT2D eigenvalue weighted by Gasteiger charge is -2.34. The summed E-state index contributed by atoms with van der Waals surface area (Å²) in [6.07, 6.45) is 0.928. The molecule has 0 saturated carbocycles. The first-order valence-electron chi connectivity index (χ1n) is 4.99. The fourth-order valence-corrected chi connectivity index (χ4v) is 1.75. The van der Waals surface area contributed by atoms with Gasteiger partial charge >= 0.3 is 5.97 Å². The van der Waals surface area contributed by atoms with E-state index in [0.29, 0.717) is 26.1 Å². The zero-order valence-corrected chi connectivity index (χ0v) is 8.82. The number of aliphatic carboxylic acids is 1. The predicted octanol–water partition coefficient (Wildman–Crippen LogP) is 0.616. The van der Waals surface area contributed by atoms with E-state index in [-0.39, 0.29) is 18.6 Å². The number of carboxylic acids is 1. The minimum Gasteiger partial charge on any atom is -0.481 e. The van der Waals surface area contributed by atoms with Gasteiger partial charge in [0.25, 0.3) is 0 Å². The molecule has 1 heterocycles. The van der Waals surface area contributed by atoms with Crippen molar-refractivity contribution in [1.82, 2.24) is 0 Å². The van der Waals surface area contributed by atoms with Gasteiger partial charge < -0.3 is 14.6 Å². The fraction of sp³-hybridized carbons (Fsp3) is 0.800. The van der Waals surface area contributed by atoms with Crippen molar-refractivity contribution in [1.29, 1.82) is 0 Å². The summed E-state index contributed by atoms with van der Waals surface area (Å²) in [5, 5.41) is 8.50. The highest BCUT2D eigenvalue weighted by atomic mass is 16.5. The molecular weight excluding hydrogens is 200 g/mol. The lowest BCUT2D eigenvalue weighted by Crippen LogP contribution is -2.45. The SMILES string of the molecule is COC1(C(=O)CCC(=O)O)CCOCC1. The Kier molecular flexibility index (Phi) is 4.23. The third-order valence-corrected chi connectivity index (χ3v) is 2.77. The van der Waals surface area contributed by atoms with Crippen LogP contribution in [-0.2, 0) is 19.1 Å². The number of Topliss-reactive ketones (excluding diaryl/α,β-unsaturated/α-hetero) is 1. The third-order valence-electron chi connectivity index (χ3n) is 2.77. The van der Waals surface area contributed by atoms with Gasteiger partial charge in [0.15, 0.2) is 5.78 Å². The van der Waals surface area contributed by atoms with E-state index < -0.39 is 11.6 Å². The summed E-state index contributed by atoms with van der Waals surface area (Å²) in [6.45, 7) is 0.985. The summed E-state index contributed by atoms with van der Waals surface area (Å²) >= 11 is 0. The Bertz CT molecular complexity index is 242. The Morgan fingerprint density at radius 2 is 1.93 bits per heavy atom. The van der Waals surface area contributed by atoms with E-state index in [1.807, 2.05) is 0 Å². The highest BCUT2D eigenvalue weighted by Gasteiger charge is 2.39. The molecule has 1 fully saturated rings. The molecule has 1 saturated heterocycles. The first kappa shape index (κ1) is 12.1. The highest BCUT2D eigenvalue weighted by molar-refractivity contribution is 5.89. The number of hydrogen-bond donors (Lipinski definition) is 1. The topological polar surface area (TPSA) is 72.8 Å². The maximum absolute atomic E-state index is 11.8. The van der Waals surface area contributed by atoms with Crippen LogP contribution in [0.2, 0.25) is 0 Å². The fourth-order valence-electron chi connectivity index (χ4n) is 1.75. The van der Waals surface area contributed by atoms with E-state index >= 15 is 0 Å². The molecule has 0 amide bonds. The Hall–Kier alpha value is -0.940. The molecule has 1 N–H and O–H groups in total. The zero-order chi connectivity index (χ0) is 11.3. The second kappa shape index (κ2) is 5.23. The Morgan fingerprint density at radius 1 is 1.33 bits per heavy atom. The minimum atomic E-state index is -0.957. The number of methoxy groups -OCH3 is 1. The van der Waals surface area contributed by atoms with Crippen molar-refractivity contribution >= 4 is 11.8 Å². The summed E-state index contributed by atoms with van der Waals surface area (Å²) in [4.78, 5) is 22.2. The van der Waals surface area contributed by atoms with Crippen LogP contribution < -0.4 is 0 Å². The van der Waals surface area contributed by atoms with Crippen molar-refractivity contribution in [2.24, 2.45) is 0 Å². The number of hydrogen-bond acceptors (Lipinski definition) is 4. The van der Waals surface area contributed by atoms with Crippen LogP contribution in [0.1, 0.15) is 25.7 Å². The normalized spacial score (nSPS) is 19.8. The van der Waals surface area contributed by atoms with Crippen LogP contribution in [0.15, 0.2) is 0 Å². The van der Waals surface area contributed by atoms with E-state index in [2.05, 4.69) is 0 Å². The number of carbonyl (C=O) groups is 2. The molecule has 5 nitrogen and oxygen atoms in total. The van der Waals surface area contributed by atoms with Gasteiger partial charge in [-0.1, -0.05) is 0 Å². The maximum atomic E-state index is 11.8. The van der Waals surface area contributed by atoms with Gasteiger partial charge in [-0.2, -0.15) is 0 Å². The second-order valence-electron chi connectivity index (χ2n) is 3.63. The zero-order valence-electron chi connectivity index (χ0n) is 8.82. The van der Waals surface area contributed by atoms with Crippen LogP contribution in [0, 0.1) is 0 Å². The molecule has 1 aliphatic rings. The van der Waals surface area contributed by atoms with Gasteiger partial charge in [-0.3, -0.25) is 9.59 Å². The molecule has 5 heteroatoms. The van der Waals surface area contributed by atoms with Crippen LogP contribution in [0.4, 0.5) is 0 Å². The summed E-state index contributed by atoms with van der Waals surface area (Å²) in [5.41, 5.74) is -0.812. The second-order valence-corrected chi connectivity index (χ2v) is 3.63. The lowest BCUT2D eigenvalue weighted by molar-refractivity contribution is -0.154. The van der Waals surface area contributed by atoms with E-state index in [1.165, 1.54) is 7.11 Å². The molecule has 15 heavy (non-hydrogen) atoms. The Balaban J connectivity index is 2.55. The molecule has 0 aromatic rings. The molecule has 0 unspecified atom stereocenters. The molecule has 0 aromatic heterocycles. The van der Waals surface area contributed by atoms with Gasteiger partial charge in [-0.25, -0.2) is 0 Å². The molecular formula is C10H16O5. The van der Waals surface area contributed by atoms with Crippen LogP contribution >= 0.6 is 0 Å². The van der Waals surface area contributed by atoms with Gasteiger partial charge in [0.2, 0.25) is 0 Å². The molecule has 1 rings (SSSR count). The molecule has 0 spiro atoms. The Morgan fingerprint density at radius 3 is 2.40 bits per heavy atom. The number of ether oxygens (including phenoxy) is 2. The van der Waals surface area contributed by atoms with Gasteiger partial charge in [-0.05, 0) is 0 Å². The van der Waals surface area contributed by atoms with Gasteiger partial charge in [0.1, 0.15) is 5.60 Å². The standard InChI is InChI=1S/C10H16O5/c1-14-10(4-6-15-7-5-10)8(11)2-3-9(12)13/h2-7H2,1H3,(H,12,13). The quantitative estimate of drug-likeness (QED) is 0.729. The molecule has 0 radical (unpaired) electrons. The first-order chi connectivity index (χ1) is 7.10. The average Bonchev–Trinajstić information content (AvgIpc) is 2.26. The van der Waals surface area contributed by atoms with Crippen LogP contribution in [0.5, 0.6) is 0 Å². The molecule has 0 aliphatic carbocycles. The van der Waals surface area contributed by atoms with E-state index in [1.54, 1.807) is 0 Å². The molecule has 0 atom stereocenters. The first-order valence-corrected chi connectivity index (χ1v) is 4.99. The lowest BCUT2D eigenvalue weighted by atomic mass is 9.87. The molecule has 86 valence electrons. The number of carbonyl (C=O) groups excluding carboxylic acids is 1. The van der Waals surface area contributed by atoms with E-state index in [9.17, 15) is 9.59 Å². The monoisotopic (exact) mass is 216 g/mol. The minimum absolute atomic E-state index is 0.0309. The van der Waals surface area contributed by atoms with E-state index in [4.69, 9.17) is 14.6 Å². The maximum Gasteiger partial charge on any atom is 0.303 e. The predicted molar refractivity (Wildman–Crippen MR) is 51.7 cm³/mol. The van der Waals surface area contributed by atoms with Crippen molar-refractivity contribution in [2.75, 3.05) is 20.3 Å². The number of rotatable bonds is 5. The largest absolute Gasteiger partial charge is 0.481 e. The van der Waals surface area contributed by atoms with Crippen molar-refractivity contribution in [2.45, 2.75) is 31.3 Å². The van der Waals surface area contributed by atoms with Crippen LogP contribution in [0.25, 0.3) is 0 Å². The molecule has 0 bridgehead atoms. The smallest absolute Gasteiger partial charge is 0.303 e.